The Morgan fingerprint density at radius 2 is 1.71 bits per heavy atom. The molecule has 2 aromatic carbocycles. The molecule has 0 unspecified atom stereocenters. The Balaban J connectivity index is 2.53. The van der Waals surface area contributed by atoms with Crippen LogP contribution >= 0.6 is 0 Å². The summed E-state index contributed by atoms with van der Waals surface area (Å²) in [4.78, 5) is 24.1. The Labute approximate surface area is 146 Å². The Kier molecular flexibility index (Phi) is 5.61. The van der Waals surface area contributed by atoms with Crippen LogP contribution in [-0.4, -0.2) is 47.6 Å². The number of carbonyl (C=O) groups excluding carboxylic acids is 1. The summed E-state index contributed by atoms with van der Waals surface area (Å²) in [6.07, 6.45) is -0.113. The molecule has 24 heavy (non-hydrogen) atoms. The van der Waals surface area contributed by atoms with Gasteiger partial charge in [0, 0.05) is 0 Å². The van der Waals surface area contributed by atoms with E-state index in [0.717, 1.165) is 4.40 Å². The number of carboxylic acid groups (broad SMARTS) is 1. The van der Waals surface area contributed by atoms with E-state index in [4.69, 9.17) is 9.47 Å². The van der Waals surface area contributed by atoms with Crippen LogP contribution in [0.25, 0.3) is 0 Å². The van der Waals surface area contributed by atoms with Crippen molar-refractivity contribution in [3.05, 3.63) is 52.8 Å². The fourth-order valence-corrected chi connectivity index (χ4v) is 4.14. The van der Waals surface area contributed by atoms with Crippen molar-refractivity contribution in [1.82, 2.24) is 0 Å². The molecule has 0 aromatic heterocycles. The quantitative estimate of drug-likeness (QED) is 0.585. The number of rotatable bonds is 6. The van der Waals surface area contributed by atoms with Crippen LogP contribution in [0.5, 0.6) is 11.5 Å². The molecule has 126 valence electrons. The van der Waals surface area contributed by atoms with E-state index in [1.807, 2.05) is 0 Å². The Hall–Kier alpha value is -2.35. The molecular weight excluding hydrogens is 376 g/mol. The molecule has 0 saturated heterocycles. The van der Waals surface area contributed by atoms with Crippen molar-refractivity contribution in [2.75, 3.05) is 14.2 Å². The fourth-order valence-electron chi connectivity index (χ4n) is 2.51. The van der Waals surface area contributed by atoms with E-state index in [1.54, 1.807) is 0 Å². The second kappa shape index (κ2) is 7.48. The van der Waals surface area contributed by atoms with Crippen LogP contribution in [0.4, 0.5) is 4.39 Å². The first-order chi connectivity index (χ1) is 11.4. The average Bonchev–Trinajstić information content (AvgIpc) is 2.56. The van der Waals surface area contributed by atoms with E-state index in [-0.39, 0.29) is 40.0 Å². The minimum atomic E-state index is -1.16. The van der Waals surface area contributed by atoms with Gasteiger partial charge in [0.15, 0.2) is 0 Å². The van der Waals surface area contributed by atoms with Crippen molar-refractivity contribution < 1.29 is 28.6 Å². The molecule has 0 spiro atoms. The molecule has 0 amide bonds. The molecule has 0 heterocycles. The molecule has 0 radical (unpaired) electrons. The number of benzene rings is 2. The average molecular weight is 393 g/mol. The molecule has 0 aliphatic rings. The summed E-state index contributed by atoms with van der Waals surface area (Å²) in [5.74, 6) is -1.24. The van der Waals surface area contributed by atoms with E-state index < -0.39 is 11.8 Å². The molecule has 0 saturated carbocycles. The maximum absolute atomic E-state index is 13.0. The summed E-state index contributed by atoms with van der Waals surface area (Å²) in [5.41, 5.74) is 0.686. The topological polar surface area (TPSA) is 72.8 Å². The van der Waals surface area contributed by atoms with Gasteiger partial charge in [0.1, 0.15) is 0 Å². The van der Waals surface area contributed by atoms with Crippen molar-refractivity contribution >= 4 is 32.7 Å². The summed E-state index contributed by atoms with van der Waals surface area (Å²) in [7, 11) is 2.85. The summed E-state index contributed by atoms with van der Waals surface area (Å²) >= 11 is 0.0766. The van der Waals surface area contributed by atoms with Gasteiger partial charge in [-0.25, -0.2) is 0 Å². The van der Waals surface area contributed by atoms with Crippen molar-refractivity contribution in [2.45, 2.75) is 6.42 Å². The molecule has 1 N–H and O–H groups in total. The van der Waals surface area contributed by atoms with Gasteiger partial charge >= 0.3 is 146 Å². The summed E-state index contributed by atoms with van der Waals surface area (Å²) in [6.45, 7) is 0. The van der Waals surface area contributed by atoms with Crippen molar-refractivity contribution in [3.63, 3.8) is 0 Å². The first-order valence-electron chi connectivity index (χ1n) is 7.15. The fraction of sp³-hybridized carbons (Fsp3) is 0.176. The van der Waals surface area contributed by atoms with Gasteiger partial charge in [-0.2, -0.15) is 0 Å². The number of carboxylic acids is 1. The zero-order valence-electron chi connectivity index (χ0n) is 13.6. The molecule has 7 heteroatoms. The molecule has 0 aliphatic carbocycles. The molecular formula is C17H17FGeO5. The molecule has 0 fully saturated rings. The summed E-state index contributed by atoms with van der Waals surface area (Å²) in [6, 6.07) is 6.68. The second-order valence-corrected chi connectivity index (χ2v) is 7.27. The van der Waals surface area contributed by atoms with Gasteiger partial charge in [0.25, 0.3) is 0 Å². The molecule has 2 aromatic rings. The van der Waals surface area contributed by atoms with Gasteiger partial charge in [-0.15, -0.1) is 0 Å². The molecule has 0 bridgehead atoms. The van der Waals surface area contributed by atoms with Crippen LogP contribution in [0.1, 0.15) is 26.3 Å². The van der Waals surface area contributed by atoms with Crippen LogP contribution < -0.4 is 13.9 Å². The zero-order chi connectivity index (χ0) is 17.9. The molecule has 0 aliphatic heterocycles. The number of hydrogen-bond acceptors (Lipinski definition) is 4. The second-order valence-electron chi connectivity index (χ2n) is 5.17. The monoisotopic (exact) mass is 394 g/mol. The predicted octanol–water partition coefficient (Wildman–Crippen LogP) is 0.957. The van der Waals surface area contributed by atoms with Crippen molar-refractivity contribution in [3.8, 4) is 11.5 Å². The number of methoxy groups -OCH3 is 2. The number of carbonyl (C=O) groups is 2. The number of ether oxygens (including phenoxy) is 2. The van der Waals surface area contributed by atoms with Crippen LogP contribution in [0, 0.1) is 5.82 Å². The van der Waals surface area contributed by atoms with Crippen LogP contribution in [0.15, 0.2) is 30.3 Å². The first kappa shape index (κ1) is 18.0. The molecule has 2 rings (SSSR count). The van der Waals surface area contributed by atoms with Gasteiger partial charge in [-0.1, -0.05) is 0 Å². The number of Topliss-reactive ketones (excluding diaryl/α,β-unsaturated/α-hetero) is 1. The van der Waals surface area contributed by atoms with Crippen molar-refractivity contribution in [2.24, 2.45) is 0 Å². The van der Waals surface area contributed by atoms with Gasteiger partial charge in [0.05, 0.1) is 0 Å². The van der Waals surface area contributed by atoms with Gasteiger partial charge in [-0.3, -0.25) is 0 Å². The van der Waals surface area contributed by atoms with E-state index in [2.05, 4.69) is 0 Å². The van der Waals surface area contributed by atoms with Crippen LogP contribution in [0.2, 0.25) is 0 Å². The Morgan fingerprint density at radius 3 is 2.21 bits per heavy atom. The normalized spacial score (nSPS) is 10.5. The van der Waals surface area contributed by atoms with Gasteiger partial charge < -0.3 is 0 Å². The van der Waals surface area contributed by atoms with E-state index >= 15 is 0 Å². The number of aromatic carboxylic acids is 1. The minimum absolute atomic E-state index is 0.0307. The standard InChI is InChI=1S/C17H17FGeO5/c1-23-13-8-14(24-2)16(19)11(15(13)17(21)22)7-12(20)9-3-5-10(18)6-4-9/h3-6,8H,7H2,1-2,19H3,(H,21,22). The Bertz CT molecular complexity index is 787. The third-order valence-corrected chi connectivity index (χ3v) is 6.09. The maximum atomic E-state index is 13.0. The predicted molar refractivity (Wildman–Crippen MR) is 90.5 cm³/mol. The Morgan fingerprint density at radius 1 is 1.12 bits per heavy atom. The van der Waals surface area contributed by atoms with E-state index in [1.165, 1.54) is 44.6 Å². The molecule has 5 nitrogen and oxygen atoms in total. The third-order valence-electron chi connectivity index (χ3n) is 3.79. The van der Waals surface area contributed by atoms with E-state index in [9.17, 15) is 19.1 Å². The number of ketones is 1. The number of halogens is 1. The number of hydrogen-bond donors (Lipinski definition) is 1. The first-order valence-corrected chi connectivity index (χ1v) is 9.25. The SMILES string of the molecule is COc1cc(OC)c(C(=O)O)c(CC(=O)c2ccc(F)cc2)[c]1[GeH3]. The molecule has 0 atom stereocenters. The van der Waals surface area contributed by atoms with E-state index in [0.29, 0.717) is 16.9 Å². The van der Waals surface area contributed by atoms with Gasteiger partial charge in [-0.05, 0) is 0 Å². The third kappa shape index (κ3) is 3.59. The zero-order valence-corrected chi connectivity index (χ0v) is 17.7. The van der Waals surface area contributed by atoms with Crippen LogP contribution in [-0.2, 0) is 6.42 Å². The van der Waals surface area contributed by atoms with Crippen molar-refractivity contribution in [1.29, 1.82) is 0 Å². The van der Waals surface area contributed by atoms with Gasteiger partial charge in [0.2, 0.25) is 0 Å². The summed E-state index contributed by atoms with van der Waals surface area (Å²) in [5, 5.41) is 9.52. The summed E-state index contributed by atoms with van der Waals surface area (Å²) < 4.78 is 24.2. The van der Waals surface area contributed by atoms with Crippen LogP contribution in [0.3, 0.4) is 0 Å².